The molecule has 0 aliphatic carbocycles. The zero-order valence-corrected chi connectivity index (χ0v) is 12.8. The number of halogens is 2. The van der Waals surface area contributed by atoms with Crippen LogP contribution in [0.5, 0.6) is 0 Å². The van der Waals surface area contributed by atoms with Crippen molar-refractivity contribution in [1.29, 1.82) is 0 Å². The molecule has 12 heteroatoms. The van der Waals surface area contributed by atoms with Gasteiger partial charge in [0.25, 0.3) is 0 Å². The molecule has 22 heavy (non-hydrogen) atoms. The smallest absolute Gasteiger partial charge is 0.179 e. The first-order chi connectivity index (χ1) is 9.88. The molecule has 1 aromatic rings. The Labute approximate surface area is 130 Å². The van der Waals surface area contributed by atoms with Gasteiger partial charge >= 0.3 is 0 Å². The third-order valence-electron chi connectivity index (χ3n) is 2.42. The van der Waals surface area contributed by atoms with Crippen molar-refractivity contribution in [2.75, 3.05) is 7.05 Å². The Morgan fingerprint density at radius 3 is 2.00 bits per heavy atom. The molecule has 0 fully saturated rings. The van der Waals surface area contributed by atoms with Gasteiger partial charge in [-0.25, -0.2) is 23.2 Å². The van der Waals surface area contributed by atoms with Crippen molar-refractivity contribution in [1.82, 2.24) is 4.98 Å². The molecule has 0 spiro atoms. The highest BCUT2D eigenvalue weighted by Gasteiger charge is 2.24. The average molecular weight is 361 g/mol. The third kappa shape index (κ3) is 14.0. The molecule has 0 saturated heterocycles. The second-order valence-corrected chi connectivity index (χ2v) is 5.55. The topological polar surface area (TPSA) is 198 Å². The summed E-state index contributed by atoms with van der Waals surface area (Å²) >= 11 is 0. The molecule has 0 unspecified atom stereocenters. The molecule has 0 saturated carbocycles. The first kappa shape index (κ1) is 21.1. The Hall–Kier alpha value is -0.920. The van der Waals surface area contributed by atoms with Crippen LogP contribution in [0.1, 0.15) is 24.4 Å². The molecule has 0 bridgehead atoms. The van der Waals surface area contributed by atoms with Crippen molar-refractivity contribution in [3.8, 4) is 0 Å². The summed E-state index contributed by atoms with van der Waals surface area (Å²) in [5.41, 5.74) is 1.33. The van der Waals surface area contributed by atoms with E-state index in [1.54, 1.807) is 0 Å². The largest absolute Gasteiger partial charge is 0.264 e. The van der Waals surface area contributed by atoms with E-state index >= 15 is 0 Å². The predicted molar refractivity (Wildman–Crippen MR) is 50.7 cm³/mol. The molecule has 2 heterocycles. The molecule has 1 aromatic heterocycles. The highest BCUT2D eigenvalue weighted by molar-refractivity contribution is 5.53. The molecule has 1 N–H and O–H groups in total. The van der Waals surface area contributed by atoms with Gasteiger partial charge in [-0.2, -0.15) is 14.0 Å². The SMILES string of the molecule is C[N+]1=CCC[C@H]1c1cccnc1.[O-][Cl+3]([O-])([O-])O.[O-][Cl+3]([O-])([O-])[O-]. The van der Waals surface area contributed by atoms with E-state index in [0.717, 1.165) is 0 Å². The van der Waals surface area contributed by atoms with Gasteiger partial charge in [0, 0.05) is 30.8 Å². The Kier molecular flexibility index (Phi) is 8.88. The maximum absolute atomic E-state index is 8.60. The summed E-state index contributed by atoms with van der Waals surface area (Å²) in [6.45, 7) is 0. The summed E-state index contributed by atoms with van der Waals surface area (Å²) in [5, 5.41) is 0. The van der Waals surface area contributed by atoms with Crippen molar-refractivity contribution in [3.05, 3.63) is 30.1 Å². The van der Waals surface area contributed by atoms with Crippen LogP contribution in [0.3, 0.4) is 0 Å². The second-order valence-electron chi connectivity index (χ2n) is 4.00. The van der Waals surface area contributed by atoms with E-state index in [2.05, 4.69) is 28.9 Å². The number of aromatic nitrogens is 1. The molecule has 126 valence electrons. The zero-order valence-electron chi connectivity index (χ0n) is 11.3. The molecule has 2 rings (SSSR count). The summed E-state index contributed by atoms with van der Waals surface area (Å²) < 4.78 is 69.0. The fourth-order valence-electron chi connectivity index (χ4n) is 1.74. The number of hydrogen-bond donors (Lipinski definition) is 1. The highest BCUT2D eigenvalue weighted by Crippen LogP contribution is 2.23. The van der Waals surface area contributed by atoms with Crippen molar-refractivity contribution in [2.24, 2.45) is 0 Å². The Bertz CT molecular complexity index is 436. The van der Waals surface area contributed by atoms with Gasteiger partial charge in [-0.3, -0.25) is 4.98 Å². The van der Waals surface area contributed by atoms with E-state index in [4.69, 9.17) is 37.3 Å². The number of rotatable bonds is 1. The maximum Gasteiger partial charge on any atom is 0.179 e. The van der Waals surface area contributed by atoms with E-state index in [1.165, 1.54) is 18.4 Å². The first-order valence-electron chi connectivity index (χ1n) is 5.58. The number of pyridine rings is 1. The first-order valence-corrected chi connectivity index (χ1v) is 8.08. The summed E-state index contributed by atoms with van der Waals surface area (Å²) in [4.78, 5) is 4.12. The van der Waals surface area contributed by atoms with Gasteiger partial charge in [-0.05, 0) is 12.1 Å². The van der Waals surface area contributed by atoms with Crippen LogP contribution in [0, 0.1) is 20.5 Å². The predicted octanol–water partition coefficient (Wildman–Crippen LogP) is -7.25. The van der Waals surface area contributed by atoms with Crippen molar-refractivity contribution in [3.63, 3.8) is 0 Å². The Balaban J connectivity index is 0.000000372. The number of hydrogen-bond acceptors (Lipinski definition) is 9. The van der Waals surface area contributed by atoms with Gasteiger partial charge in [-0.15, -0.1) is 10.2 Å². The molecule has 1 aliphatic heterocycles. The van der Waals surface area contributed by atoms with Gasteiger partial charge in [0.05, 0.1) is 14.9 Å². The van der Waals surface area contributed by atoms with E-state index < -0.39 is 20.5 Å². The van der Waals surface area contributed by atoms with Gasteiger partial charge in [0.15, 0.2) is 6.04 Å². The van der Waals surface area contributed by atoms with Crippen LogP contribution >= 0.6 is 0 Å². The molecular formula is C10H14Cl2N2O8. The van der Waals surface area contributed by atoms with Crippen molar-refractivity contribution < 1.29 is 62.3 Å². The van der Waals surface area contributed by atoms with Crippen LogP contribution in [-0.4, -0.2) is 27.5 Å². The summed E-state index contributed by atoms with van der Waals surface area (Å²) in [5.74, 6) is 0. The molecule has 0 amide bonds. The Morgan fingerprint density at radius 2 is 1.68 bits per heavy atom. The molecule has 10 nitrogen and oxygen atoms in total. The van der Waals surface area contributed by atoms with E-state index in [-0.39, 0.29) is 0 Å². The zero-order chi connectivity index (χ0) is 17.4. The maximum atomic E-state index is 8.60. The summed E-state index contributed by atoms with van der Waals surface area (Å²) in [6.07, 6.45) is 8.44. The third-order valence-corrected chi connectivity index (χ3v) is 2.42. The monoisotopic (exact) mass is 360 g/mol. The molecule has 0 radical (unpaired) electrons. The lowest BCUT2D eigenvalue weighted by Crippen LogP contribution is -2.68. The van der Waals surface area contributed by atoms with Crippen LogP contribution in [0.25, 0.3) is 0 Å². The normalized spacial score (nSPS) is 17.7. The van der Waals surface area contributed by atoms with Crippen LogP contribution in [0.4, 0.5) is 0 Å². The van der Waals surface area contributed by atoms with Gasteiger partial charge < -0.3 is 0 Å². The number of nitrogens with zero attached hydrogens (tertiary/aromatic N) is 2. The molecule has 1 aliphatic rings. The lowest BCUT2D eigenvalue weighted by molar-refractivity contribution is -2.00. The molecular weight excluding hydrogens is 347 g/mol. The minimum Gasteiger partial charge on any atom is -0.264 e. The minimum absolute atomic E-state index is 0.554. The van der Waals surface area contributed by atoms with E-state index in [1.807, 2.05) is 18.5 Å². The average Bonchev–Trinajstić information content (AvgIpc) is 2.72. The highest BCUT2D eigenvalue weighted by atomic mass is 35.7. The summed E-state index contributed by atoms with van der Waals surface area (Å²) in [6, 6.07) is 4.70. The summed E-state index contributed by atoms with van der Waals surface area (Å²) in [7, 11) is -7.51. The fraction of sp³-hybridized carbons (Fsp3) is 0.400. The quantitative estimate of drug-likeness (QED) is 0.472. The van der Waals surface area contributed by atoms with E-state index in [9.17, 15) is 0 Å². The molecule has 0 aromatic carbocycles. The lowest BCUT2D eigenvalue weighted by Gasteiger charge is -2.17. The standard InChI is InChI=1S/C10H13N2.2ClHO4/c1-12-7-3-5-10(12)9-4-2-6-11-8-9;2*2-1(3,4)5/h2,4,6-8,10H,3,5H2,1H3;2*(H,2,3,4,5)/q+1;;/p-1/t10-;;/m0../s1. The van der Waals surface area contributed by atoms with Crippen molar-refractivity contribution >= 4 is 6.21 Å². The minimum atomic E-state index is -4.94. The van der Waals surface area contributed by atoms with Crippen molar-refractivity contribution in [2.45, 2.75) is 18.9 Å². The fourth-order valence-corrected chi connectivity index (χ4v) is 1.74. The lowest BCUT2D eigenvalue weighted by atomic mass is 10.1. The Morgan fingerprint density at radius 1 is 1.18 bits per heavy atom. The van der Waals surface area contributed by atoms with Crippen LogP contribution in [0.15, 0.2) is 24.5 Å². The second kappa shape index (κ2) is 9.27. The van der Waals surface area contributed by atoms with Crippen LogP contribution < -0.4 is 32.6 Å². The van der Waals surface area contributed by atoms with Gasteiger partial charge in [0.1, 0.15) is 13.3 Å². The van der Waals surface area contributed by atoms with Crippen LogP contribution in [0.2, 0.25) is 0 Å². The van der Waals surface area contributed by atoms with Gasteiger partial charge in [0.2, 0.25) is 0 Å². The van der Waals surface area contributed by atoms with Gasteiger partial charge in [-0.1, -0.05) is 0 Å². The molecule has 1 atom stereocenters. The van der Waals surface area contributed by atoms with Crippen LogP contribution in [-0.2, 0) is 0 Å². The van der Waals surface area contributed by atoms with E-state index in [0.29, 0.717) is 6.04 Å².